The first-order chi connectivity index (χ1) is 11.0. The van der Waals surface area contributed by atoms with Gasteiger partial charge in [0.1, 0.15) is 16.3 Å². The Hall–Kier alpha value is -2.77. The van der Waals surface area contributed by atoms with E-state index in [1.165, 1.54) is 24.3 Å². The molecule has 23 heavy (non-hydrogen) atoms. The summed E-state index contributed by atoms with van der Waals surface area (Å²) in [6, 6.07) is 15.9. The van der Waals surface area contributed by atoms with E-state index in [0.29, 0.717) is 16.5 Å². The fourth-order valence-electron chi connectivity index (χ4n) is 2.22. The monoisotopic (exact) mass is 328 g/mol. The summed E-state index contributed by atoms with van der Waals surface area (Å²) in [5, 5.41) is 19.1. The van der Waals surface area contributed by atoms with Crippen molar-refractivity contribution in [1.82, 2.24) is 0 Å². The molecule has 116 valence electrons. The van der Waals surface area contributed by atoms with Gasteiger partial charge in [-0.05, 0) is 24.3 Å². The van der Waals surface area contributed by atoms with Crippen molar-refractivity contribution in [3.63, 3.8) is 0 Å². The second-order valence-electron chi connectivity index (χ2n) is 4.79. The van der Waals surface area contributed by atoms with Crippen LogP contribution in [0, 0.1) is 0 Å². The van der Waals surface area contributed by atoms with Gasteiger partial charge in [-0.2, -0.15) is 8.42 Å². The van der Waals surface area contributed by atoms with Crippen LogP contribution in [0.2, 0.25) is 0 Å². The Kier molecular flexibility index (Phi) is 3.81. The molecule has 7 heteroatoms. The van der Waals surface area contributed by atoms with Gasteiger partial charge in [0.25, 0.3) is 10.1 Å². The largest absolute Gasteiger partial charge is 0.507 e. The second-order valence-corrected chi connectivity index (χ2v) is 6.18. The topological polar surface area (TPSA) is 99.3 Å². The molecule has 6 nitrogen and oxygen atoms in total. The smallest absolute Gasteiger partial charge is 0.296 e. The number of aromatic hydroxyl groups is 1. The van der Waals surface area contributed by atoms with Crippen LogP contribution in [0.1, 0.15) is 0 Å². The molecule has 0 aliphatic heterocycles. The van der Waals surface area contributed by atoms with Crippen molar-refractivity contribution in [2.24, 2.45) is 10.2 Å². The standard InChI is InChI=1S/C16H12N2O4S/c19-15-10-9-13(11-5-1-2-6-12(11)15)17-18-14-7-3-4-8-16(14)23(20,21)22/h1-10,19H,(H,20,21,22)/b18-17+. The molecule has 0 unspecified atom stereocenters. The molecule has 0 atom stereocenters. The average Bonchev–Trinajstić information content (AvgIpc) is 2.54. The summed E-state index contributed by atoms with van der Waals surface area (Å²) in [7, 11) is -4.38. The lowest BCUT2D eigenvalue weighted by Crippen LogP contribution is -1.97. The highest BCUT2D eigenvalue weighted by Crippen LogP contribution is 2.34. The maximum absolute atomic E-state index is 11.3. The number of benzene rings is 3. The van der Waals surface area contributed by atoms with Crippen LogP contribution >= 0.6 is 0 Å². The molecule has 3 rings (SSSR count). The van der Waals surface area contributed by atoms with Crippen molar-refractivity contribution in [3.05, 3.63) is 60.7 Å². The molecule has 0 amide bonds. The molecule has 0 saturated heterocycles. The summed E-state index contributed by atoms with van der Waals surface area (Å²) in [5.41, 5.74) is 0.510. The number of hydrogen-bond donors (Lipinski definition) is 2. The molecule has 0 aromatic heterocycles. The number of phenolic OH excluding ortho intramolecular Hbond substituents is 1. The fraction of sp³-hybridized carbons (Fsp3) is 0. The third kappa shape index (κ3) is 3.05. The predicted molar refractivity (Wildman–Crippen MR) is 86.0 cm³/mol. The zero-order chi connectivity index (χ0) is 16.4. The molecular weight excluding hydrogens is 316 g/mol. The molecule has 0 aliphatic carbocycles. The number of phenols is 1. The minimum Gasteiger partial charge on any atom is -0.507 e. The van der Waals surface area contributed by atoms with Crippen LogP contribution in [0.25, 0.3) is 10.8 Å². The lowest BCUT2D eigenvalue weighted by Gasteiger charge is -2.04. The highest BCUT2D eigenvalue weighted by atomic mass is 32.2. The number of hydrogen-bond acceptors (Lipinski definition) is 5. The molecule has 0 bridgehead atoms. The number of fused-ring (bicyclic) bond motifs is 1. The molecular formula is C16H12N2O4S. The van der Waals surface area contributed by atoms with Gasteiger partial charge in [0.15, 0.2) is 0 Å². The van der Waals surface area contributed by atoms with E-state index < -0.39 is 10.1 Å². The summed E-state index contributed by atoms with van der Waals surface area (Å²) in [5.74, 6) is 0.123. The molecule has 3 aromatic carbocycles. The summed E-state index contributed by atoms with van der Waals surface area (Å²) in [6.07, 6.45) is 0. The quantitative estimate of drug-likeness (QED) is 0.555. The van der Waals surface area contributed by atoms with Gasteiger partial charge >= 0.3 is 0 Å². The zero-order valence-electron chi connectivity index (χ0n) is 11.8. The van der Waals surface area contributed by atoms with E-state index in [2.05, 4.69) is 10.2 Å². The van der Waals surface area contributed by atoms with Crippen molar-refractivity contribution >= 4 is 32.3 Å². The Labute approximate surface area is 132 Å². The SMILES string of the molecule is O=S(=O)(O)c1ccccc1/N=N/c1ccc(O)c2ccccc12. The van der Waals surface area contributed by atoms with Gasteiger partial charge in [-0.25, -0.2) is 0 Å². The van der Waals surface area contributed by atoms with Gasteiger partial charge in [0.05, 0.1) is 5.69 Å². The lowest BCUT2D eigenvalue weighted by atomic mass is 10.1. The van der Waals surface area contributed by atoms with Crippen LogP contribution in [-0.2, 0) is 10.1 Å². The number of nitrogens with zero attached hydrogens (tertiary/aromatic N) is 2. The van der Waals surface area contributed by atoms with Gasteiger partial charge in [-0.3, -0.25) is 4.55 Å². The maximum Gasteiger partial charge on any atom is 0.296 e. The predicted octanol–water partition coefficient (Wildman–Crippen LogP) is 4.21. The van der Waals surface area contributed by atoms with Gasteiger partial charge in [-0.1, -0.05) is 36.4 Å². The van der Waals surface area contributed by atoms with Gasteiger partial charge in [0, 0.05) is 10.8 Å². The van der Waals surface area contributed by atoms with Crippen molar-refractivity contribution in [2.75, 3.05) is 0 Å². The first-order valence-corrected chi connectivity index (χ1v) is 8.10. The van der Waals surface area contributed by atoms with Crippen molar-refractivity contribution < 1.29 is 18.1 Å². The van der Waals surface area contributed by atoms with Crippen molar-refractivity contribution in [1.29, 1.82) is 0 Å². The Bertz CT molecular complexity index is 1010. The third-order valence-electron chi connectivity index (χ3n) is 3.29. The first kappa shape index (κ1) is 15.1. The lowest BCUT2D eigenvalue weighted by molar-refractivity contribution is 0.481. The maximum atomic E-state index is 11.3. The van der Waals surface area contributed by atoms with Crippen LogP contribution < -0.4 is 0 Å². The zero-order valence-corrected chi connectivity index (χ0v) is 12.6. The number of rotatable bonds is 3. The summed E-state index contributed by atoms with van der Waals surface area (Å²) in [4.78, 5) is -0.313. The van der Waals surface area contributed by atoms with E-state index in [1.54, 1.807) is 36.4 Å². The van der Waals surface area contributed by atoms with Gasteiger partial charge < -0.3 is 5.11 Å². The molecule has 0 aliphatic rings. The van der Waals surface area contributed by atoms with Gasteiger partial charge in [0.2, 0.25) is 0 Å². The second kappa shape index (κ2) is 5.79. The Balaban J connectivity index is 2.11. The summed E-state index contributed by atoms with van der Waals surface area (Å²) >= 11 is 0. The number of azo groups is 1. The Morgan fingerprint density at radius 3 is 2.09 bits per heavy atom. The molecule has 0 radical (unpaired) electrons. The molecule has 2 N–H and O–H groups in total. The van der Waals surface area contributed by atoms with Crippen LogP contribution in [0.3, 0.4) is 0 Å². The van der Waals surface area contributed by atoms with Crippen molar-refractivity contribution in [2.45, 2.75) is 4.90 Å². The average molecular weight is 328 g/mol. The van der Waals surface area contributed by atoms with Crippen LogP contribution in [-0.4, -0.2) is 18.1 Å². The van der Waals surface area contributed by atoms with E-state index >= 15 is 0 Å². The molecule has 0 saturated carbocycles. The minimum absolute atomic E-state index is 0.0344. The molecule has 0 heterocycles. The van der Waals surface area contributed by atoms with Crippen molar-refractivity contribution in [3.8, 4) is 5.75 Å². The highest BCUT2D eigenvalue weighted by Gasteiger charge is 2.14. The van der Waals surface area contributed by atoms with Crippen LogP contribution in [0.5, 0.6) is 5.75 Å². The van der Waals surface area contributed by atoms with E-state index in [9.17, 15) is 18.1 Å². The van der Waals surface area contributed by atoms with Gasteiger partial charge in [-0.15, -0.1) is 10.2 Å². The minimum atomic E-state index is -4.38. The summed E-state index contributed by atoms with van der Waals surface area (Å²) < 4.78 is 31.9. The fourth-order valence-corrected chi connectivity index (χ4v) is 2.84. The highest BCUT2D eigenvalue weighted by molar-refractivity contribution is 7.86. The Morgan fingerprint density at radius 1 is 0.739 bits per heavy atom. The molecule has 3 aromatic rings. The third-order valence-corrected chi connectivity index (χ3v) is 4.19. The van der Waals surface area contributed by atoms with Crippen LogP contribution in [0.4, 0.5) is 11.4 Å². The van der Waals surface area contributed by atoms with E-state index in [-0.39, 0.29) is 16.3 Å². The Morgan fingerprint density at radius 2 is 1.35 bits per heavy atom. The molecule has 0 spiro atoms. The van der Waals surface area contributed by atoms with E-state index in [1.807, 2.05) is 0 Å². The molecule has 0 fully saturated rings. The summed E-state index contributed by atoms with van der Waals surface area (Å²) in [6.45, 7) is 0. The van der Waals surface area contributed by atoms with Crippen LogP contribution in [0.15, 0.2) is 75.8 Å². The normalized spacial score (nSPS) is 12.0. The first-order valence-electron chi connectivity index (χ1n) is 6.66. The van der Waals surface area contributed by atoms with E-state index in [0.717, 1.165) is 0 Å². The van der Waals surface area contributed by atoms with E-state index in [4.69, 9.17) is 0 Å².